The fourth-order valence-electron chi connectivity index (χ4n) is 2.24. The van der Waals surface area contributed by atoms with Gasteiger partial charge >= 0.3 is 0 Å². The Morgan fingerprint density at radius 2 is 2.22 bits per heavy atom. The van der Waals surface area contributed by atoms with Gasteiger partial charge in [0.15, 0.2) is 0 Å². The van der Waals surface area contributed by atoms with Crippen LogP contribution in [0.25, 0.3) is 11.0 Å². The van der Waals surface area contributed by atoms with Gasteiger partial charge in [-0.3, -0.25) is 0 Å². The molecule has 0 atom stereocenters. The highest BCUT2D eigenvalue weighted by Gasteiger charge is 2.08. The SMILES string of the molecule is CCCn1cc(CNCC(C)C)c2cccnc21. The summed E-state index contributed by atoms with van der Waals surface area (Å²) in [5.74, 6) is 0.687. The lowest BCUT2D eigenvalue weighted by Gasteiger charge is -2.06. The number of aryl methyl sites for hydroxylation is 1. The quantitative estimate of drug-likeness (QED) is 0.847. The minimum atomic E-state index is 0.687. The van der Waals surface area contributed by atoms with E-state index in [1.807, 2.05) is 12.3 Å². The van der Waals surface area contributed by atoms with E-state index in [1.54, 1.807) is 0 Å². The molecule has 0 spiro atoms. The number of nitrogens with zero attached hydrogens (tertiary/aromatic N) is 2. The summed E-state index contributed by atoms with van der Waals surface area (Å²) in [4.78, 5) is 4.50. The summed E-state index contributed by atoms with van der Waals surface area (Å²) < 4.78 is 2.27. The summed E-state index contributed by atoms with van der Waals surface area (Å²) in [5, 5.41) is 4.79. The van der Waals surface area contributed by atoms with E-state index in [0.29, 0.717) is 5.92 Å². The summed E-state index contributed by atoms with van der Waals surface area (Å²) in [5.41, 5.74) is 2.47. The van der Waals surface area contributed by atoms with Crippen molar-refractivity contribution in [1.29, 1.82) is 0 Å². The molecule has 0 fully saturated rings. The van der Waals surface area contributed by atoms with Crippen molar-refractivity contribution in [3.63, 3.8) is 0 Å². The number of hydrogen-bond acceptors (Lipinski definition) is 2. The normalized spacial score (nSPS) is 11.6. The Hall–Kier alpha value is -1.35. The third kappa shape index (κ3) is 2.91. The zero-order valence-electron chi connectivity index (χ0n) is 11.6. The molecule has 2 aromatic rings. The van der Waals surface area contributed by atoms with Crippen molar-refractivity contribution in [2.75, 3.05) is 6.54 Å². The minimum Gasteiger partial charge on any atom is -0.332 e. The van der Waals surface area contributed by atoms with E-state index in [4.69, 9.17) is 0 Å². The Balaban J connectivity index is 2.21. The fraction of sp³-hybridized carbons (Fsp3) is 0.533. The molecule has 3 heteroatoms. The maximum Gasteiger partial charge on any atom is 0.140 e. The molecule has 0 aliphatic rings. The predicted molar refractivity (Wildman–Crippen MR) is 76.6 cm³/mol. The molecule has 0 radical (unpaired) electrons. The molecule has 0 unspecified atom stereocenters. The summed E-state index contributed by atoms with van der Waals surface area (Å²) in [6.07, 6.45) is 5.26. The van der Waals surface area contributed by atoms with Crippen LogP contribution >= 0.6 is 0 Å². The van der Waals surface area contributed by atoms with Gasteiger partial charge in [-0.2, -0.15) is 0 Å². The molecule has 2 rings (SSSR count). The van der Waals surface area contributed by atoms with Crippen LogP contribution in [-0.2, 0) is 13.1 Å². The van der Waals surface area contributed by atoms with Crippen LogP contribution in [0.1, 0.15) is 32.8 Å². The van der Waals surface area contributed by atoms with Crippen LogP contribution in [0.4, 0.5) is 0 Å². The van der Waals surface area contributed by atoms with Gasteiger partial charge in [-0.15, -0.1) is 0 Å². The zero-order valence-corrected chi connectivity index (χ0v) is 11.6. The third-order valence-corrected chi connectivity index (χ3v) is 3.05. The zero-order chi connectivity index (χ0) is 13.0. The topological polar surface area (TPSA) is 29.9 Å². The number of aromatic nitrogens is 2. The maximum atomic E-state index is 4.50. The summed E-state index contributed by atoms with van der Waals surface area (Å²) in [6, 6.07) is 4.19. The molecule has 98 valence electrons. The lowest BCUT2D eigenvalue weighted by molar-refractivity contribution is 0.552. The maximum absolute atomic E-state index is 4.50. The van der Waals surface area contributed by atoms with Crippen LogP contribution in [0, 0.1) is 5.92 Å². The molecule has 3 nitrogen and oxygen atoms in total. The highest BCUT2D eigenvalue weighted by Crippen LogP contribution is 2.19. The molecule has 0 saturated carbocycles. The number of pyridine rings is 1. The van der Waals surface area contributed by atoms with Gasteiger partial charge in [0.1, 0.15) is 5.65 Å². The fourth-order valence-corrected chi connectivity index (χ4v) is 2.24. The van der Waals surface area contributed by atoms with E-state index >= 15 is 0 Å². The van der Waals surface area contributed by atoms with E-state index in [0.717, 1.165) is 31.7 Å². The van der Waals surface area contributed by atoms with Gasteiger partial charge in [0.2, 0.25) is 0 Å². The third-order valence-electron chi connectivity index (χ3n) is 3.05. The van der Waals surface area contributed by atoms with Gasteiger partial charge in [-0.25, -0.2) is 4.98 Å². The van der Waals surface area contributed by atoms with Crippen LogP contribution < -0.4 is 5.32 Å². The van der Waals surface area contributed by atoms with E-state index in [1.165, 1.54) is 10.9 Å². The van der Waals surface area contributed by atoms with Crippen LogP contribution in [0.15, 0.2) is 24.5 Å². The molecule has 0 aliphatic carbocycles. The largest absolute Gasteiger partial charge is 0.332 e. The Morgan fingerprint density at radius 3 is 2.94 bits per heavy atom. The first-order chi connectivity index (χ1) is 8.72. The molecule has 0 bridgehead atoms. The van der Waals surface area contributed by atoms with Crippen molar-refractivity contribution in [2.45, 2.75) is 40.3 Å². The van der Waals surface area contributed by atoms with Crippen molar-refractivity contribution in [3.8, 4) is 0 Å². The number of nitrogens with one attached hydrogen (secondary N) is 1. The number of rotatable bonds is 6. The monoisotopic (exact) mass is 245 g/mol. The van der Waals surface area contributed by atoms with E-state index < -0.39 is 0 Å². The second-order valence-corrected chi connectivity index (χ2v) is 5.25. The summed E-state index contributed by atoms with van der Waals surface area (Å²) in [7, 11) is 0. The lowest BCUT2D eigenvalue weighted by atomic mass is 10.2. The smallest absolute Gasteiger partial charge is 0.140 e. The van der Waals surface area contributed by atoms with Crippen molar-refractivity contribution in [2.24, 2.45) is 5.92 Å². The molecule has 0 aromatic carbocycles. The second kappa shape index (κ2) is 6.01. The van der Waals surface area contributed by atoms with E-state index in [2.05, 4.69) is 47.9 Å². The van der Waals surface area contributed by atoms with Crippen molar-refractivity contribution < 1.29 is 0 Å². The Labute approximate surface area is 109 Å². The molecular formula is C15H23N3. The number of hydrogen-bond donors (Lipinski definition) is 1. The molecule has 2 heterocycles. The lowest BCUT2D eigenvalue weighted by Crippen LogP contribution is -2.18. The molecule has 0 amide bonds. The molecule has 0 aliphatic heterocycles. The van der Waals surface area contributed by atoms with Gasteiger partial charge in [-0.05, 0) is 36.6 Å². The highest BCUT2D eigenvalue weighted by atomic mass is 15.0. The average Bonchev–Trinajstić information content (AvgIpc) is 2.69. The van der Waals surface area contributed by atoms with Gasteiger partial charge in [0.25, 0.3) is 0 Å². The Morgan fingerprint density at radius 1 is 1.39 bits per heavy atom. The first-order valence-corrected chi connectivity index (χ1v) is 6.85. The van der Waals surface area contributed by atoms with Gasteiger partial charge in [-0.1, -0.05) is 20.8 Å². The van der Waals surface area contributed by atoms with Gasteiger partial charge < -0.3 is 9.88 Å². The highest BCUT2D eigenvalue weighted by molar-refractivity contribution is 5.80. The van der Waals surface area contributed by atoms with Crippen molar-refractivity contribution >= 4 is 11.0 Å². The minimum absolute atomic E-state index is 0.687. The summed E-state index contributed by atoms with van der Waals surface area (Å²) in [6.45, 7) is 9.69. The predicted octanol–water partition coefficient (Wildman–Crippen LogP) is 3.19. The van der Waals surface area contributed by atoms with Crippen LogP contribution in [-0.4, -0.2) is 16.1 Å². The molecule has 0 saturated heterocycles. The molecule has 2 aromatic heterocycles. The number of fused-ring (bicyclic) bond motifs is 1. The van der Waals surface area contributed by atoms with Crippen molar-refractivity contribution in [3.05, 3.63) is 30.1 Å². The second-order valence-electron chi connectivity index (χ2n) is 5.25. The van der Waals surface area contributed by atoms with Crippen LogP contribution in [0.5, 0.6) is 0 Å². The van der Waals surface area contributed by atoms with Gasteiger partial charge in [0.05, 0.1) is 0 Å². The van der Waals surface area contributed by atoms with E-state index in [9.17, 15) is 0 Å². The first kappa shape index (κ1) is 13.1. The Bertz CT molecular complexity index is 499. The average molecular weight is 245 g/mol. The first-order valence-electron chi connectivity index (χ1n) is 6.85. The Kier molecular flexibility index (Phi) is 4.37. The van der Waals surface area contributed by atoms with Crippen molar-refractivity contribution in [1.82, 2.24) is 14.9 Å². The standard InChI is InChI=1S/C15H23N3/c1-4-8-18-11-13(10-16-9-12(2)3)14-6-5-7-17-15(14)18/h5-7,11-12,16H,4,8-10H2,1-3H3. The molecule has 18 heavy (non-hydrogen) atoms. The molecule has 1 N–H and O–H groups in total. The van der Waals surface area contributed by atoms with E-state index in [-0.39, 0.29) is 0 Å². The molecular weight excluding hydrogens is 222 g/mol. The summed E-state index contributed by atoms with van der Waals surface area (Å²) >= 11 is 0. The van der Waals surface area contributed by atoms with Crippen LogP contribution in [0.2, 0.25) is 0 Å². The van der Waals surface area contributed by atoms with Crippen LogP contribution in [0.3, 0.4) is 0 Å². The van der Waals surface area contributed by atoms with Gasteiger partial charge in [0, 0.05) is 30.9 Å².